The predicted molar refractivity (Wildman–Crippen MR) is 110 cm³/mol. The summed E-state index contributed by atoms with van der Waals surface area (Å²) in [4.78, 5) is 24.5. The molecule has 3 aromatic rings. The number of sulfonamides is 1. The first kappa shape index (κ1) is 19.0. The fourth-order valence-electron chi connectivity index (χ4n) is 3.41. The first-order valence-corrected chi connectivity index (χ1v) is 10.6. The number of hydrogen-bond donors (Lipinski definition) is 2. The summed E-state index contributed by atoms with van der Waals surface area (Å²) >= 11 is 0. The van der Waals surface area contributed by atoms with Crippen molar-refractivity contribution in [1.82, 2.24) is 9.36 Å². The SMILES string of the molecule is Cc1c(NS(=O)(=O)c2ccc3c(c2)CCC(=O)N3)c(=O)n(-c2ccccc2)n1C. The van der Waals surface area contributed by atoms with Crippen LogP contribution in [-0.4, -0.2) is 23.7 Å². The van der Waals surface area contributed by atoms with Gasteiger partial charge in [-0.3, -0.25) is 19.0 Å². The molecule has 0 atom stereocenters. The van der Waals surface area contributed by atoms with Gasteiger partial charge in [0.15, 0.2) is 0 Å². The molecule has 0 saturated heterocycles. The Morgan fingerprint density at radius 2 is 1.76 bits per heavy atom. The lowest BCUT2D eigenvalue weighted by atomic mass is 10.0. The maximum absolute atomic E-state index is 13.0. The zero-order valence-electron chi connectivity index (χ0n) is 16.0. The van der Waals surface area contributed by atoms with Crippen molar-refractivity contribution in [2.45, 2.75) is 24.7 Å². The van der Waals surface area contributed by atoms with Gasteiger partial charge in [-0.25, -0.2) is 13.1 Å². The Morgan fingerprint density at radius 3 is 2.48 bits per heavy atom. The summed E-state index contributed by atoms with van der Waals surface area (Å²) in [6.07, 6.45) is 0.777. The van der Waals surface area contributed by atoms with Gasteiger partial charge >= 0.3 is 0 Å². The van der Waals surface area contributed by atoms with Crippen molar-refractivity contribution in [3.63, 3.8) is 0 Å². The lowest BCUT2D eigenvalue weighted by Gasteiger charge is -2.17. The second-order valence-corrected chi connectivity index (χ2v) is 8.59. The van der Waals surface area contributed by atoms with Crippen LogP contribution >= 0.6 is 0 Å². The molecule has 0 radical (unpaired) electrons. The van der Waals surface area contributed by atoms with Crippen LogP contribution in [0.3, 0.4) is 0 Å². The van der Waals surface area contributed by atoms with Crippen molar-refractivity contribution < 1.29 is 13.2 Å². The third kappa shape index (κ3) is 3.33. The lowest BCUT2D eigenvalue weighted by molar-refractivity contribution is -0.116. The molecule has 29 heavy (non-hydrogen) atoms. The van der Waals surface area contributed by atoms with E-state index in [1.54, 1.807) is 49.0 Å². The maximum Gasteiger partial charge on any atom is 0.296 e. The van der Waals surface area contributed by atoms with Crippen molar-refractivity contribution in [3.05, 3.63) is 70.1 Å². The van der Waals surface area contributed by atoms with Crippen LogP contribution in [0.5, 0.6) is 0 Å². The molecule has 0 spiro atoms. The summed E-state index contributed by atoms with van der Waals surface area (Å²) in [6, 6.07) is 13.5. The van der Waals surface area contributed by atoms with Crippen molar-refractivity contribution in [1.29, 1.82) is 0 Å². The molecule has 1 aromatic heterocycles. The quantitative estimate of drug-likeness (QED) is 0.686. The Balaban J connectivity index is 1.73. The second kappa shape index (κ2) is 6.93. The van der Waals surface area contributed by atoms with Gasteiger partial charge in [0.05, 0.1) is 16.3 Å². The highest BCUT2D eigenvalue weighted by molar-refractivity contribution is 7.92. The Hall–Kier alpha value is -3.33. The fraction of sp³-hybridized carbons (Fsp3) is 0.200. The zero-order chi connectivity index (χ0) is 20.8. The van der Waals surface area contributed by atoms with Gasteiger partial charge in [0, 0.05) is 19.2 Å². The minimum atomic E-state index is -3.98. The summed E-state index contributed by atoms with van der Waals surface area (Å²) in [7, 11) is -2.28. The number of aryl methyl sites for hydroxylation is 1. The monoisotopic (exact) mass is 412 g/mol. The average molecular weight is 412 g/mol. The van der Waals surface area contributed by atoms with E-state index in [9.17, 15) is 18.0 Å². The molecule has 9 heteroatoms. The van der Waals surface area contributed by atoms with E-state index in [0.29, 0.717) is 29.9 Å². The summed E-state index contributed by atoms with van der Waals surface area (Å²) < 4.78 is 31.4. The zero-order valence-corrected chi connectivity index (χ0v) is 16.8. The standard InChI is InChI=1S/C20H20N4O4S/c1-13-19(20(26)24(23(13)2)15-6-4-3-5-7-15)22-29(27,28)16-9-10-17-14(12-16)8-11-18(25)21-17/h3-7,9-10,12,22H,8,11H2,1-2H3,(H,21,25). The number of para-hydroxylation sites is 1. The van der Waals surface area contributed by atoms with Crippen molar-refractivity contribution in [3.8, 4) is 5.69 Å². The van der Waals surface area contributed by atoms with Crippen molar-refractivity contribution in [2.75, 3.05) is 10.0 Å². The lowest BCUT2D eigenvalue weighted by Crippen LogP contribution is -2.23. The molecule has 0 aliphatic carbocycles. The van der Waals surface area contributed by atoms with Gasteiger partial charge in [0.1, 0.15) is 5.69 Å². The molecule has 0 bridgehead atoms. The Morgan fingerprint density at radius 1 is 1.03 bits per heavy atom. The minimum absolute atomic E-state index is 0.00220. The fourth-order valence-corrected chi connectivity index (χ4v) is 4.57. The number of hydrogen-bond acceptors (Lipinski definition) is 4. The molecule has 1 amide bonds. The minimum Gasteiger partial charge on any atom is -0.326 e. The van der Waals surface area contributed by atoms with E-state index in [-0.39, 0.29) is 16.5 Å². The normalized spacial score (nSPS) is 13.7. The van der Waals surface area contributed by atoms with Gasteiger partial charge < -0.3 is 5.32 Å². The highest BCUT2D eigenvalue weighted by atomic mass is 32.2. The number of amides is 1. The van der Waals surface area contributed by atoms with E-state index in [1.165, 1.54) is 16.8 Å². The molecular formula is C20H20N4O4S. The van der Waals surface area contributed by atoms with E-state index >= 15 is 0 Å². The number of fused-ring (bicyclic) bond motifs is 1. The van der Waals surface area contributed by atoms with E-state index < -0.39 is 15.6 Å². The largest absolute Gasteiger partial charge is 0.326 e. The van der Waals surface area contributed by atoms with E-state index in [1.807, 2.05) is 6.07 Å². The van der Waals surface area contributed by atoms with Crippen molar-refractivity contribution >= 4 is 27.3 Å². The second-order valence-electron chi connectivity index (χ2n) is 6.91. The number of nitrogens with one attached hydrogen (secondary N) is 2. The van der Waals surface area contributed by atoms with Crippen LogP contribution < -0.4 is 15.6 Å². The van der Waals surface area contributed by atoms with Crippen LogP contribution in [0.1, 0.15) is 17.7 Å². The molecule has 2 N–H and O–H groups in total. The van der Waals surface area contributed by atoms with E-state index in [4.69, 9.17) is 0 Å². The van der Waals surface area contributed by atoms with Crippen LogP contribution in [-0.2, 0) is 28.3 Å². The molecule has 4 rings (SSSR count). The number of aromatic nitrogens is 2. The maximum atomic E-state index is 13.0. The van der Waals surface area contributed by atoms with E-state index in [0.717, 1.165) is 5.56 Å². The molecule has 1 aliphatic heterocycles. The molecule has 150 valence electrons. The third-order valence-corrected chi connectivity index (χ3v) is 6.42. The van der Waals surface area contributed by atoms with Gasteiger partial charge in [-0.1, -0.05) is 18.2 Å². The van der Waals surface area contributed by atoms with Crippen LogP contribution in [0.2, 0.25) is 0 Å². The molecule has 0 unspecified atom stereocenters. The summed E-state index contributed by atoms with van der Waals surface area (Å²) in [6.45, 7) is 1.68. The topological polar surface area (TPSA) is 102 Å². The number of benzene rings is 2. The summed E-state index contributed by atoms with van der Waals surface area (Å²) in [5.74, 6) is -0.0902. The average Bonchev–Trinajstić information content (AvgIpc) is 2.91. The molecule has 2 heterocycles. The number of anilines is 2. The molecule has 0 fully saturated rings. The molecule has 0 saturated carbocycles. The van der Waals surface area contributed by atoms with Crippen LogP contribution in [0, 0.1) is 6.92 Å². The van der Waals surface area contributed by atoms with Gasteiger partial charge in [0.2, 0.25) is 5.91 Å². The van der Waals surface area contributed by atoms with Gasteiger partial charge in [0.25, 0.3) is 15.6 Å². The summed E-state index contributed by atoms with van der Waals surface area (Å²) in [5.41, 5.74) is 2.04. The van der Waals surface area contributed by atoms with Gasteiger partial charge in [-0.15, -0.1) is 0 Å². The Kier molecular flexibility index (Phi) is 4.54. The number of carbonyl (C=O) groups excluding carboxylic acids is 1. The first-order valence-electron chi connectivity index (χ1n) is 9.07. The van der Waals surface area contributed by atoms with Gasteiger partial charge in [-0.05, 0) is 49.2 Å². The smallest absolute Gasteiger partial charge is 0.296 e. The van der Waals surface area contributed by atoms with Gasteiger partial charge in [-0.2, -0.15) is 0 Å². The van der Waals surface area contributed by atoms with Crippen LogP contribution in [0.25, 0.3) is 5.69 Å². The van der Waals surface area contributed by atoms with E-state index in [2.05, 4.69) is 10.0 Å². The summed E-state index contributed by atoms with van der Waals surface area (Å²) in [5, 5.41) is 2.72. The first-order chi connectivity index (χ1) is 13.8. The highest BCUT2D eigenvalue weighted by Crippen LogP contribution is 2.26. The third-order valence-electron chi connectivity index (χ3n) is 5.07. The number of carbonyl (C=O) groups is 1. The Labute approximate surface area is 167 Å². The molecule has 8 nitrogen and oxygen atoms in total. The molecule has 2 aromatic carbocycles. The van der Waals surface area contributed by atoms with Crippen molar-refractivity contribution in [2.24, 2.45) is 7.05 Å². The van der Waals surface area contributed by atoms with Crippen LogP contribution in [0.15, 0.2) is 58.2 Å². The number of nitrogens with zero attached hydrogens (tertiary/aromatic N) is 2. The molecule has 1 aliphatic rings. The number of rotatable bonds is 4. The predicted octanol–water partition coefficient (Wildman–Crippen LogP) is 2.17. The Bertz CT molecular complexity index is 1270. The van der Waals surface area contributed by atoms with Crippen LogP contribution in [0.4, 0.5) is 11.4 Å². The molecular weight excluding hydrogens is 392 g/mol. The highest BCUT2D eigenvalue weighted by Gasteiger charge is 2.24.